The Morgan fingerprint density at radius 2 is 2.11 bits per heavy atom. The standard InChI is InChI=1S/C21H23N3O2S2/c1-24(12-14-6-3-2-4-7-14)18(25)10-11-27-13-17-22-20(26)19-15-8-5-9-16(15)28-21(19)23-17/h2-4,6-7H,5,8-13H2,1H3,(H,22,23,26). The van der Waals surface area contributed by atoms with Gasteiger partial charge in [-0.05, 0) is 30.4 Å². The highest BCUT2D eigenvalue weighted by Gasteiger charge is 2.21. The van der Waals surface area contributed by atoms with Crippen LogP contribution in [0.2, 0.25) is 0 Å². The van der Waals surface area contributed by atoms with E-state index >= 15 is 0 Å². The third kappa shape index (κ3) is 4.15. The van der Waals surface area contributed by atoms with Crippen molar-refractivity contribution < 1.29 is 4.79 Å². The molecule has 0 aliphatic heterocycles. The van der Waals surface area contributed by atoms with Crippen molar-refractivity contribution in [3.63, 3.8) is 0 Å². The summed E-state index contributed by atoms with van der Waals surface area (Å²) in [6.07, 6.45) is 3.68. The van der Waals surface area contributed by atoms with Crippen molar-refractivity contribution in [2.24, 2.45) is 0 Å². The van der Waals surface area contributed by atoms with Crippen molar-refractivity contribution in [2.45, 2.75) is 38.0 Å². The van der Waals surface area contributed by atoms with Gasteiger partial charge in [-0.3, -0.25) is 9.59 Å². The molecule has 0 fully saturated rings. The number of fused-ring (bicyclic) bond motifs is 3. The van der Waals surface area contributed by atoms with Gasteiger partial charge in [-0.25, -0.2) is 4.98 Å². The number of aryl methyl sites for hydroxylation is 2. The number of nitrogens with zero attached hydrogens (tertiary/aromatic N) is 2. The number of hydrogen-bond acceptors (Lipinski definition) is 5. The second-order valence-electron chi connectivity index (χ2n) is 7.09. The van der Waals surface area contributed by atoms with Crippen molar-refractivity contribution in [2.75, 3.05) is 12.8 Å². The topological polar surface area (TPSA) is 66.1 Å². The average molecular weight is 414 g/mol. The minimum Gasteiger partial charge on any atom is -0.341 e. The van der Waals surface area contributed by atoms with Crippen LogP contribution in [0.5, 0.6) is 0 Å². The van der Waals surface area contributed by atoms with Gasteiger partial charge in [-0.2, -0.15) is 11.8 Å². The molecule has 3 aromatic rings. The van der Waals surface area contributed by atoms with Gasteiger partial charge in [-0.15, -0.1) is 11.3 Å². The predicted molar refractivity (Wildman–Crippen MR) is 116 cm³/mol. The maximum atomic E-state index is 12.5. The van der Waals surface area contributed by atoms with Crippen molar-refractivity contribution in [1.82, 2.24) is 14.9 Å². The zero-order valence-corrected chi connectivity index (χ0v) is 17.5. The lowest BCUT2D eigenvalue weighted by molar-refractivity contribution is -0.129. The van der Waals surface area contributed by atoms with Gasteiger partial charge in [-0.1, -0.05) is 30.3 Å². The van der Waals surface area contributed by atoms with Crippen LogP contribution in [0.15, 0.2) is 35.1 Å². The van der Waals surface area contributed by atoms with Crippen molar-refractivity contribution >= 4 is 39.2 Å². The zero-order valence-electron chi connectivity index (χ0n) is 15.9. The molecule has 7 heteroatoms. The molecule has 0 radical (unpaired) electrons. The summed E-state index contributed by atoms with van der Waals surface area (Å²) < 4.78 is 0. The lowest BCUT2D eigenvalue weighted by atomic mass is 10.2. The lowest BCUT2D eigenvalue weighted by Gasteiger charge is -2.17. The number of benzene rings is 1. The summed E-state index contributed by atoms with van der Waals surface area (Å²) >= 11 is 3.29. The number of thioether (sulfide) groups is 1. The molecule has 0 atom stereocenters. The Balaban J connectivity index is 1.29. The molecule has 28 heavy (non-hydrogen) atoms. The molecule has 1 amide bonds. The van der Waals surface area contributed by atoms with Gasteiger partial charge < -0.3 is 9.88 Å². The van der Waals surface area contributed by atoms with E-state index in [0.29, 0.717) is 30.3 Å². The Kier molecular flexibility index (Phi) is 5.82. The monoisotopic (exact) mass is 413 g/mol. The maximum Gasteiger partial charge on any atom is 0.259 e. The van der Waals surface area contributed by atoms with Crippen LogP contribution in [0.4, 0.5) is 0 Å². The maximum absolute atomic E-state index is 12.5. The van der Waals surface area contributed by atoms with E-state index in [9.17, 15) is 9.59 Å². The summed E-state index contributed by atoms with van der Waals surface area (Å²) in [6.45, 7) is 0.624. The highest BCUT2D eigenvalue weighted by atomic mass is 32.2. The van der Waals surface area contributed by atoms with E-state index in [0.717, 1.165) is 35.0 Å². The third-order valence-corrected chi connectivity index (χ3v) is 7.17. The molecule has 0 saturated carbocycles. The number of thiophene rings is 1. The molecule has 1 aliphatic rings. The van der Waals surface area contributed by atoms with E-state index in [4.69, 9.17) is 0 Å². The Bertz CT molecular complexity index is 1040. The first kappa shape index (κ1) is 19.2. The number of carbonyl (C=O) groups excluding carboxylic acids is 1. The number of hydrogen-bond donors (Lipinski definition) is 1. The number of carbonyl (C=O) groups is 1. The second kappa shape index (κ2) is 8.49. The summed E-state index contributed by atoms with van der Waals surface area (Å²) in [5, 5.41) is 0.795. The number of H-pyrrole nitrogens is 1. The Morgan fingerprint density at radius 1 is 1.29 bits per heavy atom. The quantitative estimate of drug-likeness (QED) is 0.599. The molecule has 1 N–H and O–H groups in total. The zero-order chi connectivity index (χ0) is 19.5. The third-order valence-electron chi connectivity index (χ3n) is 5.01. The van der Waals surface area contributed by atoms with Crippen molar-refractivity contribution in [3.8, 4) is 0 Å². The lowest BCUT2D eigenvalue weighted by Crippen LogP contribution is -2.26. The van der Waals surface area contributed by atoms with Crippen LogP contribution in [0.25, 0.3) is 10.2 Å². The molecule has 4 rings (SSSR count). The van der Waals surface area contributed by atoms with E-state index in [1.54, 1.807) is 28.0 Å². The summed E-state index contributed by atoms with van der Waals surface area (Å²) in [4.78, 5) is 36.3. The Morgan fingerprint density at radius 3 is 2.93 bits per heavy atom. The number of amides is 1. The van der Waals surface area contributed by atoms with Gasteiger partial charge in [0.05, 0.1) is 11.1 Å². The largest absolute Gasteiger partial charge is 0.341 e. The van der Waals surface area contributed by atoms with Gasteiger partial charge in [0.2, 0.25) is 5.91 Å². The number of rotatable bonds is 7. The summed E-state index contributed by atoms with van der Waals surface area (Å²) in [5.74, 6) is 2.15. The Labute approximate surface area is 172 Å². The molecule has 5 nitrogen and oxygen atoms in total. The summed E-state index contributed by atoms with van der Waals surface area (Å²) in [5.41, 5.74) is 2.32. The second-order valence-corrected chi connectivity index (χ2v) is 9.28. The molecule has 0 spiro atoms. The van der Waals surface area contributed by atoms with E-state index < -0.39 is 0 Å². The first-order chi connectivity index (χ1) is 13.6. The van der Waals surface area contributed by atoms with Gasteiger partial charge in [0, 0.05) is 30.6 Å². The van der Waals surface area contributed by atoms with Crippen LogP contribution < -0.4 is 5.56 Å². The van der Waals surface area contributed by atoms with E-state index in [1.165, 1.54) is 10.4 Å². The molecule has 2 heterocycles. The molecule has 1 aromatic carbocycles. The van der Waals surface area contributed by atoms with E-state index in [2.05, 4.69) is 9.97 Å². The minimum absolute atomic E-state index is 0.0151. The smallest absolute Gasteiger partial charge is 0.259 e. The van der Waals surface area contributed by atoms with E-state index in [1.807, 2.05) is 37.4 Å². The normalized spacial score (nSPS) is 13.0. The number of aromatic amines is 1. The fourth-order valence-corrected chi connectivity index (χ4v) is 5.65. The van der Waals surface area contributed by atoms with Crippen LogP contribution >= 0.6 is 23.1 Å². The fourth-order valence-electron chi connectivity index (χ4n) is 3.58. The number of aromatic nitrogens is 2. The SMILES string of the molecule is CN(Cc1ccccc1)C(=O)CCSCc1nc2sc3c(c2c(=O)[nH]1)CCC3. The molecule has 0 bridgehead atoms. The average Bonchev–Trinajstić information content (AvgIpc) is 3.26. The summed E-state index contributed by atoms with van der Waals surface area (Å²) in [7, 11) is 1.84. The molecule has 1 aliphatic carbocycles. The molecule has 0 saturated heterocycles. The van der Waals surface area contributed by atoms with Crippen LogP contribution in [0, 0.1) is 0 Å². The van der Waals surface area contributed by atoms with Gasteiger partial charge >= 0.3 is 0 Å². The molecule has 146 valence electrons. The van der Waals surface area contributed by atoms with Crippen LogP contribution in [-0.4, -0.2) is 33.6 Å². The molecule has 0 unspecified atom stereocenters. The van der Waals surface area contributed by atoms with Gasteiger partial charge in [0.1, 0.15) is 10.7 Å². The molecular weight excluding hydrogens is 390 g/mol. The number of nitrogens with one attached hydrogen (secondary N) is 1. The first-order valence-corrected chi connectivity index (χ1v) is 11.5. The van der Waals surface area contributed by atoms with Crippen LogP contribution in [0.3, 0.4) is 0 Å². The van der Waals surface area contributed by atoms with E-state index in [-0.39, 0.29) is 11.5 Å². The van der Waals surface area contributed by atoms with Crippen LogP contribution in [-0.2, 0) is 29.9 Å². The highest BCUT2D eigenvalue weighted by molar-refractivity contribution is 7.98. The fraction of sp³-hybridized carbons (Fsp3) is 0.381. The highest BCUT2D eigenvalue weighted by Crippen LogP contribution is 2.34. The van der Waals surface area contributed by atoms with Crippen molar-refractivity contribution in [3.05, 3.63) is 62.5 Å². The predicted octanol–water partition coefficient (Wildman–Crippen LogP) is 3.76. The minimum atomic E-state index is -0.0151. The van der Waals surface area contributed by atoms with Crippen LogP contribution in [0.1, 0.15) is 34.7 Å². The molecular formula is C21H23N3O2S2. The summed E-state index contributed by atoms with van der Waals surface area (Å²) in [6, 6.07) is 9.99. The first-order valence-electron chi connectivity index (χ1n) is 9.51. The molecule has 2 aromatic heterocycles. The Hall–Kier alpha value is -2.12. The van der Waals surface area contributed by atoms with Gasteiger partial charge in [0.25, 0.3) is 5.56 Å². The van der Waals surface area contributed by atoms with Gasteiger partial charge in [0.15, 0.2) is 0 Å². The van der Waals surface area contributed by atoms with Crippen molar-refractivity contribution in [1.29, 1.82) is 0 Å².